The number of ether oxygens (including phenoxy) is 1. The number of ketones is 1. The Balaban J connectivity index is 1.46. The number of fused-ring (bicyclic) bond motifs is 4. The fourth-order valence-corrected chi connectivity index (χ4v) is 7.03. The van der Waals surface area contributed by atoms with Gasteiger partial charge in [-0.1, -0.05) is 53.2 Å². The zero-order chi connectivity index (χ0) is 24.6. The van der Waals surface area contributed by atoms with Gasteiger partial charge in [0.1, 0.15) is 11.7 Å². The van der Waals surface area contributed by atoms with E-state index in [4.69, 9.17) is 9.57 Å². The second kappa shape index (κ2) is 7.76. The fraction of sp³-hybridized carbons (Fsp3) is 0.429. The summed E-state index contributed by atoms with van der Waals surface area (Å²) in [7, 11) is 0. The van der Waals surface area contributed by atoms with Crippen LogP contribution < -0.4 is 5.06 Å². The Hall–Kier alpha value is -2.48. The Morgan fingerprint density at radius 3 is 2.49 bits per heavy atom. The normalized spacial score (nSPS) is 40.1. The molecule has 3 fully saturated rings. The van der Waals surface area contributed by atoms with Crippen LogP contribution in [-0.2, 0) is 19.2 Å². The first kappa shape index (κ1) is 23.0. The molecule has 6 rings (SSSR count). The number of nitrogens with zero attached hydrogens (tertiary/aromatic N) is 1. The lowest BCUT2D eigenvalue weighted by atomic mass is 9.63. The van der Waals surface area contributed by atoms with Gasteiger partial charge in [-0.25, -0.2) is 9.86 Å². The van der Waals surface area contributed by atoms with Crippen LogP contribution in [-0.4, -0.2) is 34.2 Å². The van der Waals surface area contributed by atoms with Crippen molar-refractivity contribution in [2.24, 2.45) is 17.3 Å². The maximum Gasteiger partial charge on any atom is 0.342 e. The molecule has 2 unspecified atom stereocenters. The van der Waals surface area contributed by atoms with Crippen LogP contribution in [0.25, 0.3) is 0 Å². The van der Waals surface area contributed by atoms with Gasteiger partial charge in [0.25, 0.3) is 0 Å². The average Bonchev–Trinajstić information content (AvgIpc) is 3.45. The third kappa shape index (κ3) is 3.01. The van der Waals surface area contributed by atoms with E-state index in [0.29, 0.717) is 19.3 Å². The van der Waals surface area contributed by atoms with Gasteiger partial charge < -0.3 is 9.84 Å². The van der Waals surface area contributed by atoms with E-state index in [1.807, 2.05) is 66.6 Å². The number of esters is 1. The lowest BCUT2D eigenvalue weighted by molar-refractivity contribution is -0.169. The molecule has 4 aliphatic rings. The number of hydroxylamine groups is 1. The lowest BCUT2D eigenvalue weighted by Crippen LogP contribution is -2.57. The number of carbonyl (C=O) groups excluding carboxylic acids is 2. The average molecular weight is 538 g/mol. The van der Waals surface area contributed by atoms with Gasteiger partial charge in [0.2, 0.25) is 5.60 Å². The van der Waals surface area contributed by atoms with Gasteiger partial charge >= 0.3 is 5.97 Å². The van der Waals surface area contributed by atoms with Crippen molar-refractivity contribution in [2.45, 2.75) is 56.5 Å². The Morgan fingerprint density at radius 1 is 1.06 bits per heavy atom. The molecule has 0 amide bonds. The van der Waals surface area contributed by atoms with E-state index in [0.717, 1.165) is 15.7 Å². The van der Waals surface area contributed by atoms with Crippen LogP contribution in [0.4, 0.5) is 5.69 Å². The molecule has 2 aromatic rings. The van der Waals surface area contributed by atoms with E-state index in [9.17, 15) is 14.7 Å². The highest BCUT2D eigenvalue weighted by molar-refractivity contribution is 9.10. The van der Waals surface area contributed by atoms with Crippen molar-refractivity contribution in [3.05, 3.63) is 76.8 Å². The standard InChI is InChI=1S/C28H28BrNO5/c1-17-8-13-21-24(26(2)23(31)14-15-28(17,26)33)34-25(32)27(21)16-22(18-9-11-19(29)12-10-18)30(35-27)20-6-4-3-5-7-20/h3-7,9-12,14-15,17,21-22,24,33H,8,13,16H2,1-2H3/t17-,21+,22?,24+,26-,27?,28+/m0/s1. The van der Waals surface area contributed by atoms with Crippen molar-refractivity contribution < 1.29 is 24.3 Å². The molecule has 0 bridgehead atoms. The highest BCUT2D eigenvalue weighted by Gasteiger charge is 2.74. The van der Waals surface area contributed by atoms with Crippen LogP contribution in [0.5, 0.6) is 0 Å². The quantitative estimate of drug-likeness (QED) is 0.548. The predicted octanol–water partition coefficient (Wildman–Crippen LogP) is 4.92. The summed E-state index contributed by atoms with van der Waals surface area (Å²) in [6.45, 7) is 3.71. The Labute approximate surface area is 213 Å². The van der Waals surface area contributed by atoms with E-state index >= 15 is 0 Å². The van der Waals surface area contributed by atoms with Gasteiger partial charge in [-0.2, -0.15) is 0 Å². The van der Waals surface area contributed by atoms with Gasteiger partial charge in [-0.15, -0.1) is 0 Å². The molecule has 182 valence electrons. The molecular weight excluding hydrogens is 510 g/mol. The monoisotopic (exact) mass is 537 g/mol. The van der Waals surface area contributed by atoms with Crippen molar-refractivity contribution in [1.82, 2.24) is 0 Å². The summed E-state index contributed by atoms with van der Waals surface area (Å²) in [5.74, 6) is -1.18. The minimum absolute atomic E-state index is 0.162. The maximum atomic E-state index is 13.7. The number of rotatable bonds is 2. The molecule has 2 saturated heterocycles. The van der Waals surface area contributed by atoms with Crippen molar-refractivity contribution in [2.75, 3.05) is 5.06 Å². The summed E-state index contributed by atoms with van der Waals surface area (Å²) in [6, 6.07) is 17.6. The zero-order valence-electron chi connectivity index (χ0n) is 19.7. The number of halogens is 1. The summed E-state index contributed by atoms with van der Waals surface area (Å²) in [5.41, 5.74) is -1.98. The Bertz CT molecular complexity index is 1220. The van der Waals surface area contributed by atoms with Gasteiger partial charge in [0, 0.05) is 16.8 Å². The number of anilines is 1. The maximum absolute atomic E-state index is 13.7. The molecule has 7 heteroatoms. The summed E-state index contributed by atoms with van der Waals surface area (Å²) in [4.78, 5) is 33.6. The number of para-hydroxylation sites is 1. The highest BCUT2D eigenvalue weighted by atomic mass is 79.9. The van der Waals surface area contributed by atoms with Gasteiger partial charge in [0.05, 0.1) is 17.1 Å². The van der Waals surface area contributed by atoms with E-state index in [1.54, 1.807) is 13.0 Å². The first-order chi connectivity index (χ1) is 16.7. The summed E-state index contributed by atoms with van der Waals surface area (Å²) in [5, 5.41) is 13.5. The second-order valence-electron chi connectivity index (χ2n) is 10.5. The van der Waals surface area contributed by atoms with E-state index in [-0.39, 0.29) is 23.7 Å². The molecule has 0 radical (unpaired) electrons. The van der Waals surface area contributed by atoms with Crippen molar-refractivity contribution in [3.63, 3.8) is 0 Å². The third-order valence-electron chi connectivity index (χ3n) is 8.91. The van der Waals surface area contributed by atoms with Gasteiger partial charge in [0.15, 0.2) is 5.78 Å². The van der Waals surface area contributed by atoms with Crippen LogP contribution in [0.15, 0.2) is 71.2 Å². The predicted molar refractivity (Wildman–Crippen MR) is 133 cm³/mol. The number of benzene rings is 2. The van der Waals surface area contributed by atoms with Crippen LogP contribution in [0, 0.1) is 17.3 Å². The first-order valence-electron chi connectivity index (χ1n) is 12.2. The van der Waals surface area contributed by atoms with Crippen molar-refractivity contribution >= 4 is 33.4 Å². The van der Waals surface area contributed by atoms with E-state index in [1.165, 1.54) is 6.08 Å². The molecule has 1 N–H and O–H groups in total. The Kier molecular flexibility index (Phi) is 5.09. The van der Waals surface area contributed by atoms with Crippen LogP contribution >= 0.6 is 15.9 Å². The molecule has 2 aliphatic carbocycles. The van der Waals surface area contributed by atoms with E-state index < -0.39 is 28.7 Å². The van der Waals surface area contributed by atoms with Crippen LogP contribution in [0.2, 0.25) is 0 Å². The van der Waals surface area contributed by atoms with Crippen LogP contribution in [0.3, 0.4) is 0 Å². The van der Waals surface area contributed by atoms with Crippen LogP contribution in [0.1, 0.15) is 44.7 Å². The molecule has 1 spiro atoms. The molecule has 7 atom stereocenters. The van der Waals surface area contributed by atoms with E-state index in [2.05, 4.69) is 15.9 Å². The number of allylic oxidation sites excluding steroid dienone is 1. The highest BCUT2D eigenvalue weighted by Crippen LogP contribution is 2.61. The summed E-state index contributed by atoms with van der Waals surface area (Å²) >= 11 is 3.51. The number of hydrogen-bond donors (Lipinski definition) is 1. The van der Waals surface area contributed by atoms with Crippen molar-refractivity contribution in [3.8, 4) is 0 Å². The largest absolute Gasteiger partial charge is 0.459 e. The number of carbonyl (C=O) groups is 2. The second-order valence-corrected chi connectivity index (χ2v) is 11.5. The zero-order valence-corrected chi connectivity index (χ0v) is 21.3. The molecule has 6 nitrogen and oxygen atoms in total. The topological polar surface area (TPSA) is 76.1 Å². The molecule has 2 aliphatic heterocycles. The van der Waals surface area contributed by atoms with Gasteiger partial charge in [-0.3, -0.25) is 9.63 Å². The molecule has 0 aromatic heterocycles. The number of hydrogen-bond acceptors (Lipinski definition) is 6. The van der Waals surface area contributed by atoms with Gasteiger partial charge in [-0.05, 0) is 67.7 Å². The van der Waals surface area contributed by atoms with Crippen molar-refractivity contribution in [1.29, 1.82) is 0 Å². The molecule has 2 heterocycles. The minimum atomic E-state index is -1.36. The minimum Gasteiger partial charge on any atom is -0.459 e. The number of aliphatic hydroxyl groups is 1. The lowest BCUT2D eigenvalue weighted by Gasteiger charge is -2.43. The third-order valence-corrected chi connectivity index (χ3v) is 9.44. The molecular formula is C28H28BrNO5. The molecule has 1 saturated carbocycles. The summed E-state index contributed by atoms with van der Waals surface area (Å²) < 4.78 is 7.02. The molecule has 35 heavy (non-hydrogen) atoms. The molecule has 2 aromatic carbocycles. The first-order valence-corrected chi connectivity index (χ1v) is 13.0. The summed E-state index contributed by atoms with van der Waals surface area (Å²) in [6.07, 6.45) is 3.96. The smallest absolute Gasteiger partial charge is 0.342 e. The fourth-order valence-electron chi connectivity index (χ4n) is 6.77. The Morgan fingerprint density at radius 2 is 1.77 bits per heavy atom. The SMILES string of the molecule is C[C@H]1CC[C@@H]2[C@@H](OC(=O)C23CC(c2ccc(Br)cc2)N(c2ccccc2)O3)[C@]2(C)C(=O)C=C[C@@]12O.